The average molecular weight is 415 g/mol. The van der Waals surface area contributed by atoms with E-state index >= 15 is 0 Å². The number of benzene rings is 1. The number of rotatable bonds is 2. The maximum absolute atomic E-state index is 13.8. The Balaban J connectivity index is 2.58. The molecule has 0 aliphatic rings. The van der Waals surface area contributed by atoms with Crippen molar-refractivity contribution in [3.8, 4) is 0 Å². The Morgan fingerprint density at radius 3 is 2.90 bits per heavy atom. The highest BCUT2D eigenvalue weighted by atomic mass is 127. The second kappa shape index (κ2) is 5.45. The minimum atomic E-state index is -0.510. The molecule has 3 aromatic rings. The SMILES string of the molecule is Cn1c(=O)c2c(NBI)nccc2c2cc(F)c(Cl)cc21. The van der Waals surface area contributed by atoms with Gasteiger partial charge >= 0.3 is 5.27 Å². The van der Waals surface area contributed by atoms with Crippen molar-refractivity contribution in [3.05, 3.63) is 45.6 Å². The van der Waals surface area contributed by atoms with Crippen LogP contribution < -0.4 is 10.8 Å². The van der Waals surface area contributed by atoms with Crippen LogP contribution in [0, 0.1) is 5.82 Å². The molecule has 1 N–H and O–H groups in total. The van der Waals surface area contributed by atoms with Gasteiger partial charge in [0.1, 0.15) is 11.6 Å². The molecule has 2 aromatic heterocycles. The lowest BCUT2D eigenvalue weighted by Gasteiger charge is -2.12. The smallest absolute Gasteiger partial charge is 0.308 e. The third kappa shape index (κ3) is 2.28. The monoisotopic (exact) mass is 415 g/mol. The van der Waals surface area contributed by atoms with E-state index in [1.54, 1.807) is 19.3 Å². The second-order valence-electron chi connectivity index (χ2n) is 4.54. The van der Waals surface area contributed by atoms with Gasteiger partial charge in [0.15, 0.2) is 0 Å². The van der Waals surface area contributed by atoms with E-state index in [4.69, 9.17) is 11.6 Å². The summed E-state index contributed by atoms with van der Waals surface area (Å²) in [6, 6.07) is 4.54. The summed E-state index contributed by atoms with van der Waals surface area (Å²) in [5.41, 5.74) is 0.395. The summed E-state index contributed by atoms with van der Waals surface area (Å²) in [5.74, 6) is -0.0101. The Hall–Kier alpha value is -1.35. The normalized spacial score (nSPS) is 11.0. The number of fused-ring (bicyclic) bond motifs is 3. The van der Waals surface area contributed by atoms with Crippen LogP contribution in [-0.2, 0) is 7.05 Å². The fourth-order valence-corrected chi connectivity index (χ4v) is 2.93. The summed E-state index contributed by atoms with van der Waals surface area (Å²) < 4.78 is 15.3. The van der Waals surface area contributed by atoms with Gasteiger partial charge < -0.3 is 9.79 Å². The summed E-state index contributed by atoms with van der Waals surface area (Å²) in [6.45, 7) is 0. The van der Waals surface area contributed by atoms with Crippen LogP contribution in [0.15, 0.2) is 29.2 Å². The van der Waals surface area contributed by atoms with Crippen LogP contribution in [0.4, 0.5) is 10.2 Å². The molecule has 1 aromatic carbocycles. The fourth-order valence-electron chi connectivity index (χ4n) is 2.41. The van der Waals surface area contributed by atoms with Crippen molar-refractivity contribution in [3.63, 3.8) is 0 Å². The number of hydrogen-bond donors (Lipinski definition) is 1. The molecule has 8 heteroatoms. The van der Waals surface area contributed by atoms with E-state index in [0.717, 1.165) is 0 Å². The molecule has 0 saturated heterocycles. The van der Waals surface area contributed by atoms with E-state index in [-0.39, 0.29) is 10.6 Å². The van der Waals surface area contributed by atoms with Crippen LogP contribution in [0.3, 0.4) is 0 Å². The fraction of sp³-hybridized carbons (Fsp3) is 0.0769. The minimum Gasteiger partial charge on any atom is -0.406 e. The number of hydrogen-bond acceptors (Lipinski definition) is 3. The van der Waals surface area contributed by atoms with Gasteiger partial charge in [-0.15, -0.1) is 22.4 Å². The van der Waals surface area contributed by atoms with Gasteiger partial charge in [-0.05, 0) is 18.2 Å². The number of aryl methyl sites for hydroxylation is 1. The van der Waals surface area contributed by atoms with E-state index in [9.17, 15) is 9.18 Å². The lowest BCUT2D eigenvalue weighted by atomic mass is 10.1. The second-order valence-corrected chi connectivity index (χ2v) is 5.71. The van der Waals surface area contributed by atoms with Crippen molar-refractivity contribution in [2.75, 3.05) is 5.23 Å². The molecule has 0 amide bonds. The predicted molar refractivity (Wildman–Crippen MR) is 94.2 cm³/mol. The zero-order chi connectivity index (χ0) is 15.1. The van der Waals surface area contributed by atoms with Crippen LogP contribution in [0.1, 0.15) is 0 Å². The number of nitrogens with zero attached hydrogens (tertiary/aromatic N) is 2. The van der Waals surface area contributed by atoms with Crippen molar-refractivity contribution in [2.45, 2.75) is 0 Å². The minimum absolute atomic E-state index is 0.00323. The van der Waals surface area contributed by atoms with Gasteiger partial charge in [0.2, 0.25) is 0 Å². The highest BCUT2D eigenvalue weighted by Gasteiger charge is 2.14. The van der Waals surface area contributed by atoms with E-state index in [2.05, 4.69) is 32.6 Å². The van der Waals surface area contributed by atoms with Crippen molar-refractivity contribution >= 4 is 66.7 Å². The molecule has 0 unspecified atom stereocenters. The van der Waals surface area contributed by atoms with Crippen molar-refractivity contribution in [1.29, 1.82) is 0 Å². The summed E-state index contributed by atoms with van der Waals surface area (Å²) in [5, 5.41) is 5.40. The van der Waals surface area contributed by atoms with Crippen molar-refractivity contribution in [2.24, 2.45) is 7.05 Å². The third-order valence-corrected chi connectivity index (χ3v) is 4.06. The Kier molecular flexibility index (Phi) is 3.79. The molecule has 0 aliphatic heterocycles. The molecule has 2 heterocycles. The number of nitrogens with one attached hydrogen (secondary N) is 1. The van der Waals surface area contributed by atoms with E-state index < -0.39 is 5.82 Å². The predicted octanol–water partition coefficient (Wildman–Crippen LogP) is 2.99. The highest BCUT2D eigenvalue weighted by Crippen LogP contribution is 2.29. The first-order valence-electron chi connectivity index (χ1n) is 6.11. The van der Waals surface area contributed by atoms with E-state index in [1.165, 1.54) is 16.7 Å². The first-order chi connectivity index (χ1) is 10.0. The van der Waals surface area contributed by atoms with Gasteiger partial charge in [0, 0.05) is 24.0 Å². The van der Waals surface area contributed by atoms with Crippen LogP contribution in [0.25, 0.3) is 21.7 Å². The first kappa shape index (κ1) is 14.6. The number of pyridine rings is 2. The maximum atomic E-state index is 13.8. The topological polar surface area (TPSA) is 46.9 Å². The van der Waals surface area contributed by atoms with Gasteiger partial charge in [-0.3, -0.25) is 4.79 Å². The van der Waals surface area contributed by atoms with Gasteiger partial charge in [-0.25, -0.2) is 9.37 Å². The van der Waals surface area contributed by atoms with Crippen molar-refractivity contribution < 1.29 is 4.39 Å². The van der Waals surface area contributed by atoms with E-state index in [1.807, 2.05) is 0 Å². The van der Waals surface area contributed by atoms with Crippen molar-refractivity contribution in [1.82, 2.24) is 9.55 Å². The lowest BCUT2D eigenvalue weighted by Crippen LogP contribution is -2.19. The highest BCUT2D eigenvalue weighted by molar-refractivity contribution is 14.1. The summed E-state index contributed by atoms with van der Waals surface area (Å²) in [6.07, 6.45) is 1.60. The molecular formula is C13H9BClFIN3O. The van der Waals surface area contributed by atoms with Crippen LogP contribution in [0.2, 0.25) is 5.02 Å². The molecule has 0 bridgehead atoms. The number of aromatic nitrogens is 2. The lowest BCUT2D eigenvalue weighted by molar-refractivity contribution is 0.630. The molecule has 0 fully saturated rings. The zero-order valence-electron chi connectivity index (χ0n) is 11.0. The molecule has 0 saturated carbocycles. The number of anilines is 1. The Labute approximate surface area is 138 Å². The molecule has 3 rings (SSSR count). The van der Waals surface area contributed by atoms with Crippen LogP contribution >= 0.6 is 34.0 Å². The van der Waals surface area contributed by atoms with Crippen LogP contribution in [-0.4, -0.2) is 14.8 Å². The zero-order valence-corrected chi connectivity index (χ0v) is 13.9. The number of halogens is 3. The van der Waals surface area contributed by atoms with Crippen LogP contribution in [0.5, 0.6) is 0 Å². The van der Waals surface area contributed by atoms with Gasteiger partial charge in [0.05, 0.1) is 15.9 Å². The molecule has 106 valence electrons. The molecule has 0 aliphatic carbocycles. The van der Waals surface area contributed by atoms with Gasteiger partial charge in [0.25, 0.3) is 5.56 Å². The molecule has 0 spiro atoms. The van der Waals surface area contributed by atoms with E-state index in [0.29, 0.717) is 32.8 Å². The summed E-state index contributed by atoms with van der Waals surface area (Å²) >= 11 is 7.96. The third-order valence-electron chi connectivity index (χ3n) is 3.39. The molecule has 0 atom stereocenters. The molecule has 0 radical (unpaired) electrons. The van der Waals surface area contributed by atoms with Gasteiger partial charge in [-0.2, -0.15) is 0 Å². The largest absolute Gasteiger partial charge is 0.406 e. The average Bonchev–Trinajstić information content (AvgIpc) is 2.47. The Bertz CT molecular complexity index is 931. The standard InChI is InChI=1S/C13H9BClFIN3O/c1-20-10-5-8(15)9(16)4-7(10)6-2-3-18-12(19-14-17)11(6)13(20)21/h2-5,14H,1H3,(H,18,19). The molecular weight excluding hydrogens is 406 g/mol. The molecule has 21 heavy (non-hydrogen) atoms. The first-order valence-corrected chi connectivity index (χ1v) is 8.01. The molecule has 4 nitrogen and oxygen atoms in total. The Morgan fingerprint density at radius 1 is 1.43 bits per heavy atom. The summed E-state index contributed by atoms with van der Waals surface area (Å²) in [7, 11) is 1.64. The summed E-state index contributed by atoms with van der Waals surface area (Å²) in [4.78, 5) is 16.8. The maximum Gasteiger partial charge on any atom is 0.308 e. The quantitative estimate of drug-likeness (QED) is 0.398. The Morgan fingerprint density at radius 2 is 2.19 bits per heavy atom. The van der Waals surface area contributed by atoms with Gasteiger partial charge in [-0.1, -0.05) is 11.6 Å².